The lowest BCUT2D eigenvalue weighted by atomic mass is 10.2. The Bertz CT molecular complexity index is 644. The van der Waals surface area contributed by atoms with Gasteiger partial charge in [-0.2, -0.15) is 0 Å². The van der Waals surface area contributed by atoms with E-state index in [0.717, 1.165) is 0 Å². The number of nitro benzene ring substituents is 1. The third-order valence-electron chi connectivity index (χ3n) is 3.16. The third-order valence-corrected chi connectivity index (χ3v) is 3.16. The maximum atomic E-state index is 11.3. The molecule has 0 aromatic heterocycles. The smallest absolute Gasteiger partial charge is 0.296 e. The van der Waals surface area contributed by atoms with Gasteiger partial charge in [-0.15, -0.1) is 0 Å². The number of nitrogens with two attached hydrogens (primary N) is 1. The summed E-state index contributed by atoms with van der Waals surface area (Å²) in [4.78, 5) is 16.8. The molecule has 1 aliphatic rings. The molecular weight excluding hydrogens is 302 g/mol. The number of nitrogens with zero attached hydrogens (tertiary/aromatic N) is 3. The second-order valence-electron chi connectivity index (χ2n) is 4.85. The molecule has 0 radical (unpaired) electrons. The van der Waals surface area contributed by atoms with Gasteiger partial charge in [-0.25, -0.2) is 4.99 Å². The Labute approximate surface area is 133 Å². The molecule has 1 aromatic carbocycles. The predicted molar refractivity (Wildman–Crippen MR) is 86.4 cm³/mol. The first-order chi connectivity index (χ1) is 11.0. The third kappa shape index (κ3) is 4.33. The van der Waals surface area contributed by atoms with E-state index in [2.05, 4.69) is 10.3 Å². The molecule has 1 heterocycles. The first-order valence-electron chi connectivity index (χ1n) is 6.91. The molecular formula is C14H19N5O4. The zero-order valence-corrected chi connectivity index (χ0v) is 13.0. The maximum absolute atomic E-state index is 11.3. The maximum Gasteiger partial charge on any atom is 0.296 e. The minimum atomic E-state index is -0.478. The van der Waals surface area contributed by atoms with Gasteiger partial charge in [-0.3, -0.25) is 10.1 Å². The average Bonchev–Trinajstić information content (AvgIpc) is 2.52. The van der Waals surface area contributed by atoms with E-state index >= 15 is 0 Å². The minimum absolute atomic E-state index is 0.103. The van der Waals surface area contributed by atoms with Crippen LogP contribution in [0.4, 0.5) is 11.4 Å². The lowest BCUT2D eigenvalue weighted by molar-refractivity contribution is -0.384. The highest BCUT2D eigenvalue weighted by Crippen LogP contribution is 2.29. The van der Waals surface area contributed by atoms with Crippen molar-refractivity contribution in [2.75, 3.05) is 39.4 Å². The molecule has 0 atom stereocenters. The number of amidine groups is 1. The van der Waals surface area contributed by atoms with E-state index in [-0.39, 0.29) is 5.69 Å². The summed E-state index contributed by atoms with van der Waals surface area (Å²) in [6.07, 6.45) is 1.62. The molecule has 0 fully saturated rings. The van der Waals surface area contributed by atoms with Crippen molar-refractivity contribution < 1.29 is 14.4 Å². The number of nitrogens with one attached hydrogen (secondary N) is 1. The topological polar surface area (TPSA) is 115 Å². The SMILES string of the molecule is COCCOc1ccc(NC2=NCN(C)C(N)=C2)c([N+](=O)[O-])c1. The molecule has 0 unspecified atom stereocenters. The molecule has 23 heavy (non-hydrogen) atoms. The Hall–Kier alpha value is -2.81. The summed E-state index contributed by atoms with van der Waals surface area (Å²) >= 11 is 0. The van der Waals surface area contributed by atoms with E-state index in [1.54, 1.807) is 37.3 Å². The standard InChI is InChI=1S/C14H19N5O4/c1-18-9-16-14(8-13(18)15)17-11-4-3-10(23-6-5-22-2)7-12(11)19(20)21/h3-4,7-8H,5-6,9,15H2,1-2H3,(H,16,17). The van der Waals surface area contributed by atoms with E-state index in [0.29, 0.717) is 43.0 Å². The van der Waals surface area contributed by atoms with Crippen molar-refractivity contribution in [3.8, 4) is 5.75 Å². The van der Waals surface area contributed by atoms with Crippen LogP contribution >= 0.6 is 0 Å². The molecule has 9 nitrogen and oxygen atoms in total. The first kappa shape index (κ1) is 16.6. The van der Waals surface area contributed by atoms with Crippen molar-refractivity contribution in [2.24, 2.45) is 10.7 Å². The van der Waals surface area contributed by atoms with Crippen LogP contribution < -0.4 is 15.8 Å². The number of benzene rings is 1. The van der Waals surface area contributed by atoms with Crippen LogP contribution in [0.3, 0.4) is 0 Å². The summed E-state index contributed by atoms with van der Waals surface area (Å²) in [5.41, 5.74) is 6.03. The summed E-state index contributed by atoms with van der Waals surface area (Å²) in [7, 11) is 3.36. The van der Waals surface area contributed by atoms with E-state index < -0.39 is 4.92 Å². The van der Waals surface area contributed by atoms with Crippen molar-refractivity contribution in [3.63, 3.8) is 0 Å². The number of methoxy groups -OCH3 is 1. The molecule has 2 rings (SSSR count). The van der Waals surface area contributed by atoms with Crippen LogP contribution in [0.5, 0.6) is 5.75 Å². The van der Waals surface area contributed by atoms with Crippen molar-refractivity contribution in [3.05, 3.63) is 40.2 Å². The van der Waals surface area contributed by atoms with Crippen LogP contribution in [0.1, 0.15) is 0 Å². The highest BCUT2D eigenvalue weighted by Gasteiger charge is 2.17. The number of rotatable bonds is 6. The van der Waals surface area contributed by atoms with Gasteiger partial charge in [0.25, 0.3) is 5.69 Å². The lowest BCUT2D eigenvalue weighted by Gasteiger charge is -2.22. The molecule has 0 spiro atoms. The van der Waals surface area contributed by atoms with Gasteiger partial charge in [-0.1, -0.05) is 0 Å². The fraction of sp³-hybridized carbons (Fsp3) is 0.357. The fourth-order valence-corrected chi connectivity index (χ4v) is 1.87. The number of nitro groups is 1. The lowest BCUT2D eigenvalue weighted by Crippen LogP contribution is -2.30. The summed E-state index contributed by atoms with van der Waals surface area (Å²) in [6.45, 7) is 1.11. The van der Waals surface area contributed by atoms with Crippen LogP contribution in [-0.4, -0.2) is 49.7 Å². The molecule has 1 aromatic rings. The zero-order valence-electron chi connectivity index (χ0n) is 13.0. The Balaban J connectivity index is 2.17. The second-order valence-corrected chi connectivity index (χ2v) is 4.85. The van der Waals surface area contributed by atoms with Gasteiger partial charge in [-0.05, 0) is 12.1 Å². The van der Waals surface area contributed by atoms with Gasteiger partial charge < -0.3 is 25.4 Å². The Morgan fingerprint density at radius 1 is 1.48 bits per heavy atom. The van der Waals surface area contributed by atoms with Gasteiger partial charge in [0.1, 0.15) is 36.4 Å². The number of hydrogen-bond acceptors (Lipinski definition) is 8. The second kappa shape index (κ2) is 7.45. The normalized spacial score (nSPS) is 14.1. The Morgan fingerprint density at radius 3 is 2.91 bits per heavy atom. The molecule has 3 N–H and O–H groups in total. The van der Waals surface area contributed by atoms with E-state index in [1.807, 2.05) is 0 Å². The monoisotopic (exact) mass is 321 g/mol. The summed E-state index contributed by atoms with van der Waals surface area (Å²) in [6, 6.07) is 4.58. The van der Waals surface area contributed by atoms with E-state index in [9.17, 15) is 10.1 Å². The molecule has 0 aliphatic carbocycles. The molecule has 0 amide bonds. The number of anilines is 1. The summed E-state index contributed by atoms with van der Waals surface area (Å²) in [5.74, 6) is 1.40. The Kier molecular flexibility index (Phi) is 5.36. The van der Waals surface area contributed by atoms with Crippen molar-refractivity contribution in [1.82, 2.24) is 4.90 Å². The van der Waals surface area contributed by atoms with Crippen LogP contribution in [0.2, 0.25) is 0 Å². The van der Waals surface area contributed by atoms with Gasteiger partial charge in [0.05, 0.1) is 17.6 Å². The van der Waals surface area contributed by atoms with Gasteiger partial charge in [0, 0.05) is 20.2 Å². The molecule has 9 heteroatoms. The fourth-order valence-electron chi connectivity index (χ4n) is 1.87. The number of hydrogen-bond donors (Lipinski definition) is 2. The zero-order chi connectivity index (χ0) is 16.8. The highest BCUT2D eigenvalue weighted by molar-refractivity contribution is 6.05. The van der Waals surface area contributed by atoms with Crippen molar-refractivity contribution in [1.29, 1.82) is 0 Å². The molecule has 0 bridgehead atoms. The quantitative estimate of drug-likeness (QED) is 0.458. The van der Waals surface area contributed by atoms with Crippen molar-refractivity contribution >= 4 is 17.2 Å². The molecule has 1 aliphatic heterocycles. The van der Waals surface area contributed by atoms with E-state index in [1.165, 1.54) is 6.07 Å². The predicted octanol–water partition coefficient (Wildman–Crippen LogP) is 1.13. The van der Waals surface area contributed by atoms with E-state index in [4.69, 9.17) is 15.2 Å². The first-order valence-corrected chi connectivity index (χ1v) is 6.91. The molecule has 124 valence electrons. The minimum Gasteiger partial charge on any atom is -0.491 e. The van der Waals surface area contributed by atoms with Gasteiger partial charge in [0.2, 0.25) is 0 Å². The highest BCUT2D eigenvalue weighted by atomic mass is 16.6. The van der Waals surface area contributed by atoms with Crippen molar-refractivity contribution in [2.45, 2.75) is 0 Å². The summed E-state index contributed by atoms with van der Waals surface area (Å²) in [5, 5.41) is 14.2. The largest absolute Gasteiger partial charge is 0.491 e. The average molecular weight is 321 g/mol. The van der Waals surface area contributed by atoms with Gasteiger partial charge in [0.15, 0.2) is 0 Å². The van der Waals surface area contributed by atoms with Crippen LogP contribution in [0.15, 0.2) is 35.1 Å². The molecule has 0 saturated carbocycles. The summed E-state index contributed by atoms with van der Waals surface area (Å²) < 4.78 is 10.3. The van der Waals surface area contributed by atoms with Crippen LogP contribution in [-0.2, 0) is 4.74 Å². The number of ether oxygens (including phenoxy) is 2. The number of aliphatic imine (C=N–C) groups is 1. The van der Waals surface area contributed by atoms with Gasteiger partial charge >= 0.3 is 0 Å². The van der Waals surface area contributed by atoms with Crippen LogP contribution in [0.25, 0.3) is 0 Å². The Morgan fingerprint density at radius 2 is 2.26 bits per heavy atom. The molecule has 0 saturated heterocycles. The van der Waals surface area contributed by atoms with Crippen LogP contribution in [0, 0.1) is 10.1 Å².